The quantitative estimate of drug-likeness (QED) is 0.712. The van der Waals surface area contributed by atoms with E-state index in [9.17, 15) is 9.18 Å². The molecule has 1 aromatic heterocycles. The van der Waals surface area contributed by atoms with Crippen molar-refractivity contribution in [3.05, 3.63) is 69.4 Å². The second kappa shape index (κ2) is 4.80. The van der Waals surface area contributed by atoms with Gasteiger partial charge in [-0.05, 0) is 23.8 Å². The zero-order valence-electron chi connectivity index (χ0n) is 10.8. The number of fused-ring (bicyclic) bond motifs is 1. The van der Waals surface area contributed by atoms with Gasteiger partial charge in [0.25, 0.3) is 0 Å². The molecule has 102 valence electrons. The summed E-state index contributed by atoms with van der Waals surface area (Å²) in [6.45, 7) is 0.247. The third-order valence-electron chi connectivity index (χ3n) is 3.41. The van der Waals surface area contributed by atoms with Gasteiger partial charge < -0.3 is 0 Å². The molecule has 3 rings (SSSR count). The van der Waals surface area contributed by atoms with Crippen LogP contribution >= 0.6 is 11.6 Å². The monoisotopic (exact) mass is 290 g/mol. The van der Waals surface area contributed by atoms with Crippen LogP contribution in [0.2, 0.25) is 5.02 Å². The van der Waals surface area contributed by atoms with Gasteiger partial charge in [-0.1, -0.05) is 35.9 Å². The molecule has 0 saturated carbocycles. The summed E-state index contributed by atoms with van der Waals surface area (Å²) in [5.74, 6) is -0.475. The summed E-state index contributed by atoms with van der Waals surface area (Å²) in [6.07, 6.45) is 0. The lowest BCUT2D eigenvalue weighted by atomic mass is 10.2. The van der Waals surface area contributed by atoms with E-state index in [1.54, 1.807) is 28.3 Å². The van der Waals surface area contributed by atoms with Crippen molar-refractivity contribution in [1.29, 1.82) is 0 Å². The molecule has 5 heteroatoms. The van der Waals surface area contributed by atoms with E-state index >= 15 is 0 Å². The van der Waals surface area contributed by atoms with Crippen LogP contribution in [-0.2, 0) is 13.6 Å². The Morgan fingerprint density at radius 1 is 1.10 bits per heavy atom. The minimum Gasteiger partial charge on any atom is -0.295 e. The van der Waals surface area contributed by atoms with Gasteiger partial charge in [0.2, 0.25) is 0 Å². The van der Waals surface area contributed by atoms with E-state index in [4.69, 9.17) is 11.6 Å². The standard InChI is InChI=1S/C15H12ClFN2O/c1-18-12-7-2-3-8-13(12)19(15(18)20)9-10-5-4-6-11(17)14(10)16/h2-8H,9H2,1H3. The van der Waals surface area contributed by atoms with E-state index in [1.807, 2.05) is 24.3 Å². The smallest absolute Gasteiger partial charge is 0.295 e. The van der Waals surface area contributed by atoms with Gasteiger partial charge in [0.05, 0.1) is 22.6 Å². The van der Waals surface area contributed by atoms with Gasteiger partial charge in [0, 0.05) is 7.05 Å². The molecule has 3 nitrogen and oxygen atoms in total. The molecule has 2 aromatic carbocycles. The molecule has 0 bridgehead atoms. The average molecular weight is 291 g/mol. The van der Waals surface area contributed by atoms with Crippen LogP contribution in [0.25, 0.3) is 11.0 Å². The molecular weight excluding hydrogens is 279 g/mol. The summed E-state index contributed by atoms with van der Waals surface area (Å²) < 4.78 is 16.6. The van der Waals surface area contributed by atoms with Gasteiger partial charge in [-0.15, -0.1) is 0 Å². The molecule has 1 heterocycles. The highest BCUT2D eigenvalue weighted by atomic mass is 35.5. The van der Waals surface area contributed by atoms with Gasteiger partial charge in [-0.3, -0.25) is 9.13 Å². The Morgan fingerprint density at radius 2 is 1.80 bits per heavy atom. The molecule has 0 saturated heterocycles. The maximum absolute atomic E-state index is 13.5. The Hall–Kier alpha value is -2.07. The highest BCUT2D eigenvalue weighted by molar-refractivity contribution is 6.31. The van der Waals surface area contributed by atoms with Crippen LogP contribution in [0.15, 0.2) is 47.3 Å². The molecule has 0 radical (unpaired) electrons. The summed E-state index contributed by atoms with van der Waals surface area (Å²) in [6, 6.07) is 12.1. The Bertz CT molecular complexity index is 851. The van der Waals surface area contributed by atoms with Crippen molar-refractivity contribution in [2.45, 2.75) is 6.54 Å². The third kappa shape index (κ3) is 1.93. The van der Waals surface area contributed by atoms with Gasteiger partial charge in [0.1, 0.15) is 5.82 Å². The number of rotatable bonds is 2. The largest absolute Gasteiger partial charge is 0.329 e. The number of aromatic nitrogens is 2. The van der Waals surface area contributed by atoms with E-state index in [1.165, 1.54) is 6.07 Å². The van der Waals surface area contributed by atoms with Crippen molar-refractivity contribution in [3.8, 4) is 0 Å². The maximum Gasteiger partial charge on any atom is 0.329 e. The summed E-state index contributed by atoms with van der Waals surface area (Å²) in [7, 11) is 1.72. The highest BCUT2D eigenvalue weighted by Gasteiger charge is 2.12. The van der Waals surface area contributed by atoms with Crippen LogP contribution in [0, 0.1) is 5.82 Å². The molecule has 0 amide bonds. The number of nitrogens with zero attached hydrogens (tertiary/aromatic N) is 2. The molecule has 0 aliphatic carbocycles. The molecule has 0 atom stereocenters. The predicted octanol–water partition coefficient (Wildman–Crippen LogP) is 3.18. The molecule has 0 spiro atoms. The van der Waals surface area contributed by atoms with Crippen molar-refractivity contribution in [1.82, 2.24) is 9.13 Å². The fraction of sp³-hybridized carbons (Fsp3) is 0.133. The number of para-hydroxylation sites is 2. The second-order valence-electron chi connectivity index (χ2n) is 4.63. The minimum atomic E-state index is -0.475. The molecule has 0 aliphatic rings. The third-order valence-corrected chi connectivity index (χ3v) is 3.84. The fourth-order valence-electron chi connectivity index (χ4n) is 2.36. The first-order valence-electron chi connectivity index (χ1n) is 6.16. The zero-order chi connectivity index (χ0) is 14.3. The van der Waals surface area contributed by atoms with E-state index in [-0.39, 0.29) is 17.3 Å². The number of imidazole rings is 1. The normalized spacial score (nSPS) is 11.2. The Balaban J connectivity index is 2.19. The molecule has 0 N–H and O–H groups in total. The molecule has 0 unspecified atom stereocenters. The molecule has 20 heavy (non-hydrogen) atoms. The zero-order valence-corrected chi connectivity index (χ0v) is 11.6. The van der Waals surface area contributed by atoms with Crippen molar-refractivity contribution in [3.63, 3.8) is 0 Å². The van der Waals surface area contributed by atoms with E-state index in [0.717, 1.165) is 11.0 Å². The van der Waals surface area contributed by atoms with Gasteiger partial charge in [-0.2, -0.15) is 0 Å². The average Bonchev–Trinajstić information content (AvgIpc) is 2.69. The minimum absolute atomic E-state index is 0.0623. The van der Waals surface area contributed by atoms with Crippen LogP contribution in [0.5, 0.6) is 0 Å². The van der Waals surface area contributed by atoms with Crippen LogP contribution in [0.1, 0.15) is 5.56 Å². The topological polar surface area (TPSA) is 26.9 Å². The van der Waals surface area contributed by atoms with Gasteiger partial charge in [-0.25, -0.2) is 9.18 Å². The fourth-order valence-corrected chi connectivity index (χ4v) is 2.54. The number of hydrogen-bond acceptors (Lipinski definition) is 1. The number of benzene rings is 2. The molecule has 0 fully saturated rings. The van der Waals surface area contributed by atoms with Crippen molar-refractivity contribution < 1.29 is 4.39 Å². The first-order chi connectivity index (χ1) is 9.59. The van der Waals surface area contributed by atoms with E-state index in [0.29, 0.717) is 5.56 Å². The second-order valence-corrected chi connectivity index (χ2v) is 5.01. The van der Waals surface area contributed by atoms with Crippen molar-refractivity contribution in [2.75, 3.05) is 0 Å². The number of hydrogen-bond donors (Lipinski definition) is 0. The maximum atomic E-state index is 13.5. The van der Waals surface area contributed by atoms with E-state index in [2.05, 4.69) is 0 Å². The van der Waals surface area contributed by atoms with Crippen molar-refractivity contribution >= 4 is 22.6 Å². The Morgan fingerprint density at radius 3 is 2.55 bits per heavy atom. The van der Waals surface area contributed by atoms with Gasteiger partial charge >= 0.3 is 5.69 Å². The number of aryl methyl sites for hydroxylation is 1. The lowest BCUT2D eigenvalue weighted by Gasteiger charge is -2.06. The number of halogens is 2. The van der Waals surface area contributed by atoms with E-state index < -0.39 is 5.82 Å². The van der Waals surface area contributed by atoms with Crippen LogP contribution in [0.3, 0.4) is 0 Å². The SMILES string of the molecule is Cn1c(=O)n(Cc2cccc(F)c2Cl)c2ccccc21. The van der Waals surface area contributed by atoms with Gasteiger partial charge in [0.15, 0.2) is 0 Å². The van der Waals surface area contributed by atoms with Crippen LogP contribution in [-0.4, -0.2) is 9.13 Å². The van der Waals surface area contributed by atoms with Crippen molar-refractivity contribution in [2.24, 2.45) is 7.05 Å². The Labute approximate surface area is 119 Å². The molecule has 0 aliphatic heterocycles. The summed E-state index contributed by atoms with van der Waals surface area (Å²) in [4.78, 5) is 12.3. The molecule has 3 aromatic rings. The predicted molar refractivity (Wildman–Crippen MR) is 77.7 cm³/mol. The summed E-state index contributed by atoms with van der Waals surface area (Å²) in [5, 5.41) is 0.0623. The molecular formula is C15H12ClFN2O. The first-order valence-corrected chi connectivity index (χ1v) is 6.54. The van der Waals surface area contributed by atoms with Crippen LogP contribution < -0.4 is 5.69 Å². The highest BCUT2D eigenvalue weighted by Crippen LogP contribution is 2.21. The summed E-state index contributed by atoms with van der Waals surface area (Å²) >= 11 is 5.96. The Kier molecular flexibility index (Phi) is 3.10. The lowest BCUT2D eigenvalue weighted by Crippen LogP contribution is -2.22. The summed E-state index contributed by atoms with van der Waals surface area (Å²) in [5.41, 5.74) is 2.09. The first kappa shape index (κ1) is 12.9. The lowest BCUT2D eigenvalue weighted by molar-refractivity contribution is 0.623. The van der Waals surface area contributed by atoms with Crippen LogP contribution in [0.4, 0.5) is 4.39 Å².